The summed E-state index contributed by atoms with van der Waals surface area (Å²) in [7, 11) is 0. The predicted molar refractivity (Wildman–Crippen MR) is 79.4 cm³/mol. The van der Waals surface area contributed by atoms with Crippen LogP contribution < -0.4 is 4.74 Å². The van der Waals surface area contributed by atoms with Crippen molar-refractivity contribution in [3.63, 3.8) is 0 Å². The molecule has 1 atom stereocenters. The van der Waals surface area contributed by atoms with Crippen LogP contribution in [0.2, 0.25) is 0 Å². The fraction of sp³-hybridized carbons (Fsp3) is 0.375. The third-order valence-electron chi connectivity index (χ3n) is 4.08. The van der Waals surface area contributed by atoms with Crippen molar-refractivity contribution in [2.75, 3.05) is 6.61 Å². The molecule has 1 aliphatic heterocycles. The SMILES string of the molecule is O=C(O)c1sc(C2CCOc3ccccc32)nc1C1CC1. The van der Waals surface area contributed by atoms with Gasteiger partial charge in [-0.2, -0.15) is 0 Å². The highest BCUT2D eigenvalue weighted by Crippen LogP contribution is 2.46. The van der Waals surface area contributed by atoms with Gasteiger partial charge in [-0.1, -0.05) is 18.2 Å². The van der Waals surface area contributed by atoms with Gasteiger partial charge >= 0.3 is 5.97 Å². The van der Waals surface area contributed by atoms with Crippen LogP contribution in [0.4, 0.5) is 0 Å². The molecule has 2 aromatic rings. The Morgan fingerprint density at radius 1 is 1.29 bits per heavy atom. The Morgan fingerprint density at radius 2 is 2.10 bits per heavy atom. The Kier molecular flexibility index (Phi) is 2.96. The molecule has 0 radical (unpaired) electrons. The van der Waals surface area contributed by atoms with E-state index in [1.807, 2.05) is 18.2 Å². The molecular weight excluding hydrogens is 286 g/mol. The third-order valence-corrected chi connectivity index (χ3v) is 5.26. The van der Waals surface area contributed by atoms with E-state index in [1.54, 1.807) is 0 Å². The normalized spacial score (nSPS) is 20.7. The molecule has 2 heterocycles. The second-order valence-electron chi connectivity index (χ2n) is 5.57. The predicted octanol–water partition coefficient (Wildman–Crippen LogP) is 3.63. The summed E-state index contributed by atoms with van der Waals surface area (Å²) in [4.78, 5) is 16.6. The molecular formula is C16H15NO3S. The molecule has 4 rings (SSSR count). The fourth-order valence-electron chi connectivity index (χ4n) is 2.88. The average molecular weight is 301 g/mol. The molecule has 1 saturated carbocycles. The Hall–Kier alpha value is -1.88. The third kappa shape index (κ3) is 2.21. The van der Waals surface area contributed by atoms with Gasteiger partial charge in [0, 0.05) is 17.4 Å². The van der Waals surface area contributed by atoms with E-state index < -0.39 is 5.97 Å². The van der Waals surface area contributed by atoms with E-state index in [9.17, 15) is 9.90 Å². The number of ether oxygens (including phenoxy) is 1. The number of thiazole rings is 1. The molecule has 0 amide bonds. The number of carboxylic acid groups (broad SMARTS) is 1. The van der Waals surface area contributed by atoms with Crippen LogP contribution in [-0.2, 0) is 0 Å². The minimum Gasteiger partial charge on any atom is -0.493 e. The second kappa shape index (κ2) is 4.84. The smallest absolute Gasteiger partial charge is 0.347 e. The summed E-state index contributed by atoms with van der Waals surface area (Å²) in [5.41, 5.74) is 1.92. The number of aromatic carboxylic acids is 1. The average Bonchev–Trinajstić information content (AvgIpc) is 3.25. The van der Waals surface area contributed by atoms with E-state index in [0.29, 0.717) is 17.4 Å². The quantitative estimate of drug-likeness (QED) is 0.940. The molecule has 4 nitrogen and oxygen atoms in total. The van der Waals surface area contributed by atoms with Crippen LogP contribution in [0.15, 0.2) is 24.3 Å². The molecule has 1 N–H and O–H groups in total. The number of nitrogens with zero attached hydrogens (tertiary/aromatic N) is 1. The molecule has 1 aromatic carbocycles. The summed E-state index contributed by atoms with van der Waals surface area (Å²) in [6, 6.07) is 7.97. The van der Waals surface area contributed by atoms with Crippen molar-refractivity contribution in [2.24, 2.45) is 0 Å². The maximum atomic E-state index is 11.4. The first-order valence-corrected chi connectivity index (χ1v) is 8.01. The van der Waals surface area contributed by atoms with Crippen molar-refractivity contribution in [1.82, 2.24) is 4.98 Å². The van der Waals surface area contributed by atoms with Crippen molar-refractivity contribution >= 4 is 17.3 Å². The number of para-hydroxylation sites is 1. The highest BCUT2D eigenvalue weighted by molar-refractivity contribution is 7.13. The lowest BCUT2D eigenvalue weighted by atomic mass is 9.94. The van der Waals surface area contributed by atoms with E-state index >= 15 is 0 Å². The summed E-state index contributed by atoms with van der Waals surface area (Å²) in [5, 5.41) is 10.3. The first-order chi connectivity index (χ1) is 10.2. The minimum atomic E-state index is -0.846. The van der Waals surface area contributed by atoms with Crippen LogP contribution in [0.25, 0.3) is 0 Å². The molecule has 2 aliphatic rings. The first-order valence-electron chi connectivity index (χ1n) is 7.19. The molecule has 1 fully saturated rings. The highest BCUT2D eigenvalue weighted by atomic mass is 32.1. The summed E-state index contributed by atoms with van der Waals surface area (Å²) in [6.07, 6.45) is 2.98. The van der Waals surface area contributed by atoms with Crippen molar-refractivity contribution in [3.8, 4) is 5.75 Å². The Labute approximate surface area is 126 Å². The van der Waals surface area contributed by atoms with Crippen molar-refractivity contribution in [1.29, 1.82) is 0 Å². The standard InChI is InChI=1S/C16H15NO3S/c18-16(19)14-13(9-5-6-9)17-15(21-14)11-7-8-20-12-4-2-1-3-10(11)12/h1-4,9,11H,5-8H2,(H,18,19). The zero-order chi connectivity index (χ0) is 14.4. The Balaban J connectivity index is 1.77. The summed E-state index contributed by atoms with van der Waals surface area (Å²) >= 11 is 1.34. The molecule has 5 heteroatoms. The number of fused-ring (bicyclic) bond motifs is 1. The van der Waals surface area contributed by atoms with Crippen LogP contribution >= 0.6 is 11.3 Å². The largest absolute Gasteiger partial charge is 0.493 e. The van der Waals surface area contributed by atoms with Crippen molar-refractivity contribution in [3.05, 3.63) is 45.4 Å². The van der Waals surface area contributed by atoms with Crippen molar-refractivity contribution < 1.29 is 14.6 Å². The molecule has 1 unspecified atom stereocenters. The van der Waals surface area contributed by atoms with Gasteiger partial charge in [0.15, 0.2) is 0 Å². The monoisotopic (exact) mass is 301 g/mol. The summed E-state index contributed by atoms with van der Waals surface area (Å²) < 4.78 is 5.68. The van der Waals surface area contributed by atoms with Crippen LogP contribution in [0.5, 0.6) is 5.75 Å². The number of carbonyl (C=O) groups is 1. The number of hydrogen-bond donors (Lipinski definition) is 1. The highest BCUT2D eigenvalue weighted by Gasteiger charge is 2.34. The van der Waals surface area contributed by atoms with Gasteiger partial charge in [0.1, 0.15) is 15.6 Å². The van der Waals surface area contributed by atoms with Gasteiger partial charge in [-0.25, -0.2) is 9.78 Å². The molecule has 0 saturated heterocycles. The number of aromatic nitrogens is 1. The topological polar surface area (TPSA) is 59.4 Å². The molecule has 1 aliphatic carbocycles. The van der Waals surface area contributed by atoms with E-state index in [-0.39, 0.29) is 5.92 Å². The summed E-state index contributed by atoms with van der Waals surface area (Å²) in [5.74, 6) is 0.566. The maximum Gasteiger partial charge on any atom is 0.347 e. The molecule has 21 heavy (non-hydrogen) atoms. The zero-order valence-corrected chi connectivity index (χ0v) is 12.2. The van der Waals surface area contributed by atoms with E-state index in [4.69, 9.17) is 9.72 Å². The first kappa shape index (κ1) is 12.8. The zero-order valence-electron chi connectivity index (χ0n) is 11.4. The van der Waals surface area contributed by atoms with Gasteiger partial charge < -0.3 is 9.84 Å². The van der Waals surface area contributed by atoms with Crippen molar-refractivity contribution in [2.45, 2.75) is 31.1 Å². The summed E-state index contributed by atoms with van der Waals surface area (Å²) in [6.45, 7) is 0.655. The van der Waals surface area contributed by atoms with Crippen LogP contribution in [-0.4, -0.2) is 22.7 Å². The second-order valence-corrected chi connectivity index (χ2v) is 6.60. The van der Waals surface area contributed by atoms with Crippen LogP contribution in [0, 0.1) is 0 Å². The van der Waals surface area contributed by atoms with E-state index in [0.717, 1.165) is 41.3 Å². The maximum absolute atomic E-state index is 11.4. The number of benzene rings is 1. The van der Waals surface area contributed by atoms with Crippen LogP contribution in [0.1, 0.15) is 57.0 Å². The van der Waals surface area contributed by atoms with Crippen LogP contribution in [0.3, 0.4) is 0 Å². The van der Waals surface area contributed by atoms with Gasteiger partial charge in [0.25, 0.3) is 0 Å². The van der Waals surface area contributed by atoms with Gasteiger partial charge in [0.2, 0.25) is 0 Å². The lowest BCUT2D eigenvalue weighted by molar-refractivity contribution is 0.0700. The molecule has 0 spiro atoms. The van der Waals surface area contributed by atoms with E-state index in [2.05, 4.69) is 6.07 Å². The number of hydrogen-bond acceptors (Lipinski definition) is 4. The lowest BCUT2D eigenvalue weighted by Crippen LogP contribution is -2.14. The van der Waals surface area contributed by atoms with Gasteiger partial charge in [-0.15, -0.1) is 11.3 Å². The van der Waals surface area contributed by atoms with E-state index in [1.165, 1.54) is 11.3 Å². The Morgan fingerprint density at radius 3 is 2.86 bits per heavy atom. The lowest BCUT2D eigenvalue weighted by Gasteiger charge is -2.24. The number of rotatable bonds is 3. The molecule has 1 aromatic heterocycles. The number of carboxylic acids is 1. The molecule has 0 bridgehead atoms. The minimum absolute atomic E-state index is 0.158. The van der Waals surface area contributed by atoms with Gasteiger partial charge in [0.05, 0.1) is 12.3 Å². The van der Waals surface area contributed by atoms with Gasteiger partial charge in [-0.3, -0.25) is 0 Å². The van der Waals surface area contributed by atoms with Gasteiger partial charge in [-0.05, 0) is 25.3 Å². The fourth-order valence-corrected chi connectivity index (χ4v) is 4.03. The molecule has 108 valence electrons. The Bertz CT molecular complexity index is 705.